The minimum atomic E-state index is -0.881. The molecular weight excluding hydrogens is 440 g/mol. The van der Waals surface area contributed by atoms with Crippen molar-refractivity contribution in [2.24, 2.45) is 5.92 Å². The predicted molar refractivity (Wildman–Crippen MR) is 113 cm³/mol. The number of halogens is 1. The van der Waals surface area contributed by atoms with Gasteiger partial charge >= 0.3 is 5.97 Å². The Labute approximate surface area is 180 Å². The second-order valence-electron chi connectivity index (χ2n) is 7.72. The summed E-state index contributed by atoms with van der Waals surface area (Å²) >= 11 is 3.43. The molecule has 1 aliphatic rings. The van der Waals surface area contributed by atoms with E-state index in [9.17, 15) is 14.4 Å². The van der Waals surface area contributed by atoms with E-state index in [2.05, 4.69) is 21.2 Å². The quantitative estimate of drug-likeness (QED) is 0.592. The third-order valence-electron chi connectivity index (χ3n) is 4.45. The van der Waals surface area contributed by atoms with Crippen molar-refractivity contribution in [2.75, 3.05) is 19.7 Å². The van der Waals surface area contributed by atoms with Crippen molar-refractivity contribution in [2.45, 2.75) is 52.7 Å². The molecule has 0 aromatic heterocycles. The Kier molecular flexibility index (Phi) is 8.49. The molecule has 2 amide bonds. The summed E-state index contributed by atoms with van der Waals surface area (Å²) in [5.41, 5.74) is 0.417. The van der Waals surface area contributed by atoms with E-state index in [0.717, 1.165) is 6.42 Å². The minimum absolute atomic E-state index is 0.00438. The van der Waals surface area contributed by atoms with E-state index in [1.807, 2.05) is 27.7 Å². The summed E-state index contributed by atoms with van der Waals surface area (Å²) in [5.74, 6) is -0.0774. The number of esters is 1. The van der Waals surface area contributed by atoms with E-state index in [1.165, 1.54) is 4.90 Å². The maximum absolute atomic E-state index is 13.1. The van der Waals surface area contributed by atoms with Gasteiger partial charge in [0.1, 0.15) is 11.8 Å². The molecule has 0 spiro atoms. The maximum Gasteiger partial charge on any atom is 0.308 e. The van der Waals surface area contributed by atoms with Crippen LogP contribution in [0.1, 0.15) is 50.9 Å². The van der Waals surface area contributed by atoms with Crippen LogP contribution in [0.4, 0.5) is 0 Å². The van der Waals surface area contributed by atoms with Crippen LogP contribution in [0.3, 0.4) is 0 Å². The lowest BCUT2D eigenvalue weighted by Gasteiger charge is -2.34. The molecule has 1 fully saturated rings. The third-order valence-corrected chi connectivity index (χ3v) is 5.07. The summed E-state index contributed by atoms with van der Waals surface area (Å²) in [6.07, 6.45) is 0.597. The van der Waals surface area contributed by atoms with Crippen LogP contribution in [0.25, 0.3) is 0 Å². The Morgan fingerprint density at radius 1 is 1.28 bits per heavy atom. The molecule has 0 saturated carbocycles. The molecule has 1 aromatic carbocycles. The summed E-state index contributed by atoms with van der Waals surface area (Å²) < 4.78 is 11.6. The lowest BCUT2D eigenvalue weighted by Crippen LogP contribution is -2.57. The van der Waals surface area contributed by atoms with E-state index in [0.29, 0.717) is 41.4 Å². The highest BCUT2D eigenvalue weighted by Gasteiger charge is 2.35. The fourth-order valence-electron chi connectivity index (χ4n) is 2.94. The van der Waals surface area contributed by atoms with Crippen LogP contribution in [0, 0.1) is 5.92 Å². The van der Waals surface area contributed by atoms with Gasteiger partial charge in [-0.3, -0.25) is 14.4 Å². The number of nitrogens with zero attached hydrogens (tertiary/aromatic N) is 1. The first-order valence-corrected chi connectivity index (χ1v) is 10.7. The Balaban J connectivity index is 2.11. The lowest BCUT2D eigenvalue weighted by molar-refractivity contribution is -0.148. The number of carbonyl (C=O) groups is 3. The van der Waals surface area contributed by atoms with Crippen molar-refractivity contribution < 1.29 is 23.9 Å². The Hall–Kier alpha value is -2.09. The van der Waals surface area contributed by atoms with Crippen molar-refractivity contribution in [3.05, 3.63) is 28.2 Å². The van der Waals surface area contributed by atoms with Gasteiger partial charge in [0.2, 0.25) is 5.91 Å². The van der Waals surface area contributed by atoms with Crippen molar-refractivity contribution in [3.63, 3.8) is 0 Å². The Morgan fingerprint density at radius 3 is 2.62 bits per heavy atom. The normalized spacial score (nSPS) is 16.7. The summed E-state index contributed by atoms with van der Waals surface area (Å²) in [4.78, 5) is 39.0. The van der Waals surface area contributed by atoms with Crippen LogP contribution >= 0.6 is 15.9 Å². The second-order valence-corrected chi connectivity index (χ2v) is 8.58. The first-order chi connectivity index (χ1) is 13.7. The summed E-state index contributed by atoms with van der Waals surface area (Å²) in [7, 11) is 0. The molecule has 29 heavy (non-hydrogen) atoms. The fourth-order valence-corrected chi connectivity index (χ4v) is 3.41. The van der Waals surface area contributed by atoms with Gasteiger partial charge < -0.3 is 19.7 Å². The molecule has 1 N–H and O–H groups in total. The number of ether oxygens (including phenoxy) is 2. The number of benzene rings is 1. The maximum atomic E-state index is 13.1. The van der Waals surface area contributed by atoms with E-state index in [-0.39, 0.29) is 24.3 Å². The van der Waals surface area contributed by atoms with Gasteiger partial charge in [-0.15, -0.1) is 0 Å². The Morgan fingerprint density at radius 2 is 2.00 bits per heavy atom. The van der Waals surface area contributed by atoms with Gasteiger partial charge in [0.25, 0.3) is 5.91 Å². The number of carbonyl (C=O) groups excluding carboxylic acids is 3. The van der Waals surface area contributed by atoms with E-state index in [1.54, 1.807) is 18.2 Å². The number of nitrogens with one attached hydrogen (secondary N) is 1. The average molecular weight is 469 g/mol. The Bertz CT molecular complexity index is 751. The van der Waals surface area contributed by atoms with Crippen LogP contribution in [-0.4, -0.2) is 54.5 Å². The van der Waals surface area contributed by atoms with Crippen molar-refractivity contribution in [1.82, 2.24) is 10.2 Å². The van der Waals surface area contributed by atoms with Gasteiger partial charge in [0.05, 0.1) is 23.6 Å². The summed E-state index contributed by atoms with van der Waals surface area (Å²) in [6.45, 7) is 8.90. The highest BCUT2D eigenvalue weighted by atomic mass is 79.9. The standard InChI is InChI=1S/C21H29BrN2O5/c1-13(2)7-10-28-19(25)12-17-20(26)23-8-9-24(17)21(27)15-5-6-18(16(22)11-15)29-14(3)4/h5-6,11,13-14,17H,7-10,12H2,1-4H3,(H,23,26). The highest BCUT2D eigenvalue weighted by molar-refractivity contribution is 9.10. The van der Waals surface area contributed by atoms with Crippen molar-refractivity contribution in [1.29, 1.82) is 0 Å². The van der Waals surface area contributed by atoms with Gasteiger partial charge in [0.15, 0.2) is 0 Å². The van der Waals surface area contributed by atoms with Gasteiger partial charge in [-0.1, -0.05) is 13.8 Å². The average Bonchev–Trinajstić information content (AvgIpc) is 2.64. The molecule has 1 saturated heterocycles. The van der Waals surface area contributed by atoms with Gasteiger partial charge in [0, 0.05) is 18.7 Å². The SMILES string of the molecule is CC(C)CCOC(=O)CC1C(=O)NCCN1C(=O)c1ccc(OC(C)C)c(Br)c1. The van der Waals surface area contributed by atoms with Crippen LogP contribution in [-0.2, 0) is 14.3 Å². The van der Waals surface area contributed by atoms with Gasteiger partial charge in [-0.2, -0.15) is 0 Å². The first-order valence-electron chi connectivity index (χ1n) is 9.89. The van der Waals surface area contributed by atoms with E-state index in [4.69, 9.17) is 9.47 Å². The molecular formula is C21H29BrN2O5. The number of rotatable bonds is 8. The molecule has 0 radical (unpaired) electrons. The largest absolute Gasteiger partial charge is 0.490 e. The fraction of sp³-hybridized carbons (Fsp3) is 0.571. The molecule has 1 heterocycles. The van der Waals surface area contributed by atoms with Crippen molar-refractivity contribution in [3.8, 4) is 5.75 Å². The first kappa shape index (κ1) is 23.2. The highest BCUT2D eigenvalue weighted by Crippen LogP contribution is 2.28. The molecule has 1 aliphatic heterocycles. The zero-order valence-electron chi connectivity index (χ0n) is 17.4. The van der Waals surface area contributed by atoms with E-state index >= 15 is 0 Å². The molecule has 0 aliphatic carbocycles. The van der Waals surface area contributed by atoms with Crippen LogP contribution in [0.15, 0.2) is 22.7 Å². The number of hydrogen-bond acceptors (Lipinski definition) is 5. The predicted octanol–water partition coefficient (Wildman–Crippen LogP) is 3.16. The molecule has 1 unspecified atom stereocenters. The van der Waals surface area contributed by atoms with Crippen LogP contribution < -0.4 is 10.1 Å². The van der Waals surface area contributed by atoms with Crippen LogP contribution in [0.5, 0.6) is 5.75 Å². The molecule has 1 atom stereocenters. The number of piperazine rings is 1. The molecule has 7 nitrogen and oxygen atoms in total. The smallest absolute Gasteiger partial charge is 0.308 e. The zero-order chi connectivity index (χ0) is 21.6. The summed E-state index contributed by atoms with van der Waals surface area (Å²) in [5, 5.41) is 2.72. The number of hydrogen-bond donors (Lipinski definition) is 1. The molecule has 1 aromatic rings. The van der Waals surface area contributed by atoms with Gasteiger partial charge in [-0.25, -0.2) is 0 Å². The molecule has 2 rings (SSSR count). The van der Waals surface area contributed by atoms with Crippen LogP contribution in [0.2, 0.25) is 0 Å². The third kappa shape index (κ3) is 6.73. The molecule has 160 valence electrons. The second kappa shape index (κ2) is 10.6. The van der Waals surface area contributed by atoms with Crippen molar-refractivity contribution >= 4 is 33.7 Å². The number of amides is 2. The molecule has 0 bridgehead atoms. The van der Waals surface area contributed by atoms with E-state index < -0.39 is 12.0 Å². The minimum Gasteiger partial charge on any atom is -0.490 e. The topological polar surface area (TPSA) is 84.9 Å². The van der Waals surface area contributed by atoms with Gasteiger partial charge in [-0.05, 0) is 60.3 Å². The monoisotopic (exact) mass is 468 g/mol. The zero-order valence-corrected chi connectivity index (χ0v) is 19.0. The summed E-state index contributed by atoms with van der Waals surface area (Å²) in [6, 6.07) is 4.17. The molecule has 8 heteroatoms. The lowest BCUT2D eigenvalue weighted by atomic mass is 10.1.